The Hall–Kier alpha value is -0.550. The minimum Gasteiger partial charge on any atom is -0.305 e. The fourth-order valence-electron chi connectivity index (χ4n) is 0.939. The molecule has 74 valence electrons. The topological polar surface area (TPSA) is 12.0 Å². The van der Waals surface area contributed by atoms with E-state index in [0.29, 0.717) is 0 Å². The Morgan fingerprint density at radius 2 is 2.15 bits per heavy atom. The Kier molecular flexibility index (Phi) is 3.33. The third-order valence-electron chi connectivity index (χ3n) is 1.44. The number of halogens is 3. The molecule has 1 N–H and O–H groups in total. The van der Waals surface area contributed by atoms with Crippen LogP contribution in [0.3, 0.4) is 0 Å². The SMILES string of the molecule is Cc1cc(CNCC(F)(F)F)cs1. The first-order chi connectivity index (χ1) is 5.97. The first-order valence-corrected chi connectivity index (χ1v) is 4.67. The quantitative estimate of drug-likeness (QED) is 0.807. The number of nitrogens with one attached hydrogen (secondary N) is 1. The zero-order valence-electron chi connectivity index (χ0n) is 7.11. The van der Waals surface area contributed by atoms with Gasteiger partial charge in [0.25, 0.3) is 0 Å². The van der Waals surface area contributed by atoms with Crippen LogP contribution in [-0.4, -0.2) is 12.7 Å². The summed E-state index contributed by atoms with van der Waals surface area (Å²) in [6, 6.07) is 1.88. The van der Waals surface area contributed by atoms with E-state index in [9.17, 15) is 13.2 Å². The van der Waals surface area contributed by atoms with Gasteiger partial charge in [0.15, 0.2) is 0 Å². The van der Waals surface area contributed by atoms with Crippen LogP contribution >= 0.6 is 11.3 Å². The molecule has 0 bridgehead atoms. The molecular formula is C8H10F3NS. The third kappa shape index (κ3) is 4.28. The van der Waals surface area contributed by atoms with Gasteiger partial charge in [-0.05, 0) is 23.9 Å². The molecule has 1 heterocycles. The summed E-state index contributed by atoms with van der Waals surface area (Å²) < 4.78 is 35.1. The Labute approximate surface area is 78.6 Å². The van der Waals surface area contributed by atoms with Gasteiger partial charge in [-0.2, -0.15) is 13.2 Å². The lowest BCUT2D eigenvalue weighted by Gasteiger charge is -2.06. The van der Waals surface area contributed by atoms with E-state index in [0.717, 1.165) is 10.4 Å². The second-order valence-corrected chi connectivity index (χ2v) is 3.90. The molecule has 0 radical (unpaired) electrons. The van der Waals surface area contributed by atoms with Gasteiger partial charge in [-0.1, -0.05) is 0 Å². The van der Waals surface area contributed by atoms with Crippen molar-refractivity contribution in [1.82, 2.24) is 5.32 Å². The molecule has 5 heteroatoms. The number of hydrogen-bond acceptors (Lipinski definition) is 2. The molecule has 1 rings (SSSR count). The number of aryl methyl sites for hydroxylation is 1. The lowest BCUT2D eigenvalue weighted by atomic mass is 10.3. The molecule has 0 spiro atoms. The summed E-state index contributed by atoms with van der Waals surface area (Å²) in [6.45, 7) is 1.28. The smallest absolute Gasteiger partial charge is 0.305 e. The minimum absolute atomic E-state index is 0.282. The van der Waals surface area contributed by atoms with Gasteiger partial charge in [-0.25, -0.2) is 0 Å². The molecule has 1 aromatic rings. The van der Waals surface area contributed by atoms with E-state index < -0.39 is 12.7 Å². The van der Waals surface area contributed by atoms with E-state index >= 15 is 0 Å². The molecule has 1 aromatic heterocycles. The predicted molar refractivity (Wildman–Crippen MR) is 46.8 cm³/mol. The van der Waals surface area contributed by atoms with Crippen LogP contribution in [0.1, 0.15) is 10.4 Å². The minimum atomic E-state index is -4.12. The predicted octanol–water partition coefficient (Wildman–Crippen LogP) is 2.71. The van der Waals surface area contributed by atoms with Crippen LogP contribution in [-0.2, 0) is 6.54 Å². The summed E-state index contributed by atoms with van der Waals surface area (Å²) in [4.78, 5) is 1.11. The van der Waals surface area contributed by atoms with Crippen LogP contribution in [0.5, 0.6) is 0 Å². The second-order valence-electron chi connectivity index (χ2n) is 2.78. The average molecular weight is 209 g/mol. The highest BCUT2D eigenvalue weighted by atomic mass is 32.1. The molecule has 0 unspecified atom stereocenters. The zero-order valence-corrected chi connectivity index (χ0v) is 7.93. The van der Waals surface area contributed by atoms with Crippen molar-refractivity contribution in [2.75, 3.05) is 6.54 Å². The summed E-state index contributed by atoms with van der Waals surface area (Å²) in [5.74, 6) is 0. The summed E-state index contributed by atoms with van der Waals surface area (Å²) in [5, 5.41) is 4.20. The molecule has 1 nitrogen and oxygen atoms in total. The van der Waals surface area contributed by atoms with Crippen LogP contribution < -0.4 is 5.32 Å². The Bertz CT molecular complexity index is 267. The van der Waals surface area contributed by atoms with Crippen molar-refractivity contribution >= 4 is 11.3 Å². The van der Waals surface area contributed by atoms with Crippen molar-refractivity contribution in [3.8, 4) is 0 Å². The lowest BCUT2D eigenvalue weighted by Crippen LogP contribution is -2.28. The molecular weight excluding hydrogens is 199 g/mol. The van der Waals surface area contributed by atoms with Crippen molar-refractivity contribution < 1.29 is 13.2 Å². The van der Waals surface area contributed by atoms with Crippen LogP contribution in [0, 0.1) is 6.92 Å². The van der Waals surface area contributed by atoms with Crippen LogP contribution in [0.15, 0.2) is 11.4 Å². The molecule has 0 fully saturated rings. The van der Waals surface area contributed by atoms with Crippen molar-refractivity contribution in [2.45, 2.75) is 19.6 Å². The third-order valence-corrected chi connectivity index (χ3v) is 2.35. The summed E-state index contributed by atoms with van der Waals surface area (Å²) in [6.07, 6.45) is -4.12. The van der Waals surface area contributed by atoms with Gasteiger partial charge >= 0.3 is 6.18 Å². The zero-order chi connectivity index (χ0) is 9.90. The fourth-order valence-corrected chi connectivity index (χ4v) is 1.65. The van der Waals surface area contributed by atoms with Gasteiger partial charge in [0.1, 0.15) is 0 Å². The largest absolute Gasteiger partial charge is 0.401 e. The molecule has 13 heavy (non-hydrogen) atoms. The van der Waals surface area contributed by atoms with Crippen molar-refractivity contribution in [3.63, 3.8) is 0 Å². The summed E-state index contributed by atoms with van der Waals surface area (Å²) in [7, 11) is 0. The van der Waals surface area contributed by atoms with Crippen molar-refractivity contribution in [2.24, 2.45) is 0 Å². The van der Waals surface area contributed by atoms with Crippen LogP contribution in [0.4, 0.5) is 13.2 Å². The Balaban J connectivity index is 2.28. The van der Waals surface area contributed by atoms with Gasteiger partial charge in [0, 0.05) is 11.4 Å². The van der Waals surface area contributed by atoms with E-state index in [1.807, 2.05) is 18.4 Å². The van der Waals surface area contributed by atoms with E-state index in [-0.39, 0.29) is 6.54 Å². The second kappa shape index (κ2) is 4.11. The van der Waals surface area contributed by atoms with Crippen LogP contribution in [0.2, 0.25) is 0 Å². The highest BCUT2D eigenvalue weighted by Gasteiger charge is 2.25. The number of rotatable bonds is 3. The van der Waals surface area contributed by atoms with Crippen molar-refractivity contribution in [1.29, 1.82) is 0 Å². The normalized spacial score (nSPS) is 12.0. The molecule has 0 aliphatic carbocycles. The fraction of sp³-hybridized carbons (Fsp3) is 0.500. The first-order valence-electron chi connectivity index (χ1n) is 3.79. The molecule has 0 saturated heterocycles. The molecule has 0 aliphatic rings. The Morgan fingerprint density at radius 1 is 1.46 bits per heavy atom. The highest BCUT2D eigenvalue weighted by Crippen LogP contribution is 2.15. The maximum Gasteiger partial charge on any atom is 0.401 e. The van der Waals surface area contributed by atoms with Gasteiger partial charge < -0.3 is 5.32 Å². The van der Waals surface area contributed by atoms with E-state index in [2.05, 4.69) is 5.32 Å². The standard InChI is InChI=1S/C8H10F3NS/c1-6-2-7(4-13-6)3-12-5-8(9,10)11/h2,4,12H,3,5H2,1H3. The maximum atomic E-state index is 11.7. The van der Waals surface area contributed by atoms with Crippen molar-refractivity contribution in [3.05, 3.63) is 21.9 Å². The number of thiophene rings is 1. The number of alkyl halides is 3. The molecule has 0 saturated carbocycles. The first kappa shape index (κ1) is 10.5. The van der Waals surface area contributed by atoms with E-state index in [1.54, 1.807) is 11.3 Å². The van der Waals surface area contributed by atoms with Gasteiger partial charge in [0.05, 0.1) is 6.54 Å². The maximum absolute atomic E-state index is 11.7. The van der Waals surface area contributed by atoms with Crippen LogP contribution in [0.25, 0.3) is 0 Å². The van der Waals surface area contributed by atoms with E-state index in [4.69, 9.17) is 0 Å². The van der Waals surface area contributed by atoms with Gasteiger partial charge in [-0.15, -0.1) is 11.3 Å². The average Bonchev–Trinajstić information content (AvgIpc) is 2.33. The summed E-state index contributed by atoms with van der Waals surface area (Å²) >= 11 is 1.54. The molecule has 0 amide bonds. The molecule has 0 atom stereocenters. The lowest BCUT2D eigenvalue weighted by molar-refractivity contribution is -0.125. The van der Waals surface area contributed by atoms with Gasteiger partial charge in [0.2, 0.25) is 0 Å². The highest BCUT2D eigenvalue weighted by molar-refractivity contribution is 7.10. The number of hydrogen-bond donors (Lipinski definition) is 1. The van der Waals surface area contributed by atoms with E-state index in [1.165, 1.54) is 0 Å². The summed E-state index contributed by atoms with van der Waals surface area (Å²) in [5.41, 5.74) is 0.909. The molecule has 0 aromatic carbocycles. The van der Waals surface area contributed by atoms with Gasteiger partial charge in [-0.3, -0.25) is 0 Å². The Morgan fingerprint density at radius 3 is 2.62 bits per heavy atom. The monoisotopic (exact) mass is 209 g/mol. The molecule has 0 aliphatic heterocycles.